The van der Waals surface area contributed by atoms with Gasteiger partial charge in [0.1, 0.15) is 13.2 Å². The zero-order valence-corrected chi connectivity index (χ0v) is 15.5. The number of carbonyl (C=O) groups is 2. The normalized spacial score (nSPS) is 12.9. The van der Waals surface area contributed by atoms with Crippen LogP contribution in [0.15, 0.2) is 42.5 Å². The number of hydrogen-bond acceptors (Lipinski definition) is 5. The van der Waals surface area contributed by atoms with Gasteiger partial charge in [-0.1, -0.05) is 6.07 Å². The van der Waals surface area contributed by atoms with Gasteiger partial charge in [0, 0.05) is 5.69 Å². The molecule has 2 aromatic carbocycles. The molecule has 2 aromatic rings. The minimum absolute atomic E-state index is 0.360. The lowest BCUT2D eigenvalue weighted by atomic mass is 9.94. The number of nitrogens with one attached hydrogen (secondary N) is 2. The van der Waals surface area contributed by atoms with Crippen LogP contribution in [0.2, 0.25) is 0 Å². The quantitative estimate of drug-likeness (QED) is 0.807. The molecule has 0 bridgehead atoms. The summed E-state index contributed by atoms with van der Waals surface area (Å²) in [6.07, 6.45) is 0. The first-order valence-electron chi connectivity index (χ1n) is 8.57. The number of anilines is 1. The number of carbonyl (C=O) groups excluding carboxylic acids is 2. The first-order valence-corrected chi connectivity index (χ1v) is 8.57. The number of methoxy groups -OCH3 is 1. The fourth-order valence-electron chi connectivity index (χ4n) is 2.76. The molecule has 1 aliphatic rings. The second kappa shape index (κ2) is 7.57. The average Bonchev–Trinajstić information content (AvgIpc) is 2.67. The van der Waals surface area contributed by atoms with Gasteiger partial charge in [-0.3, -0.25) is 0 Å². The predicted molar refractivity (Wildman–Crippen MR) is 100 cm³/mol. The van der Waals surface area contributed by atoms with E-state index in [2.05, 4.69) is 15.4 Å². The van der Waals surface area contributed by atoms with Gasteiger partial charge in [-0.05, 0) is 55.8 Å². The number of hydrogen-bond donors (Lipinski definition) is 2. The topological polar surface area (TPSA) is 85.9 Å². The second-order valence-electron chi connectivity index (χ2n) is 6.63. The molecular weight excluding hydrogens is 348 g/mol. The molecule has 0 aromatic heterocycles. The Morgan fingerprint density at radius 1 is 1.00 bits per heavy atom. The molecule has 27 heavy (non-hydrogen) atoms. The van der Waals surface area contributed by atoms with Crippen molar-refractivity contribution >= 4 is 17.7 Å². The smallest absolute Gasteiger partial charge is 0.337 e. The van der Waals surface area contributed by atoms with Gasteiger partial charge in [0.15, 0.2) is 11.5 Å². The molecule has 0 aliphatic carbocycles. The van der Waals surface area contributed by atoms with E-state index in [1.54, 1.807) is 24.3 Å². The molecule has 0 saturated heterocycles. The lowest BCUT2D eigenvalue weighted by Crippen LogP contribution is -2.43. The summed E-state index contributed by atoms with van der Waals surface area (Å²) in [5.74, 6) is 0.953. The highest BCUT2D eigenvalue weighted by Crippen LogP contribution is 2.34. The third kappa shape index (κ3) is 4.31. The summed E-state index contributed by atoms with van der Waals surface area (Å²) in [5, 5.41) is 5.69. The largest absolute Gasteiger partial charge is 0.486 e. The standard InChI is InChI=1S/C20H22N2O5/c1-20(2,14-6-9-16-17(12-14)27-11-10-26-16)22-19(24)21-15-7-4-13(5-8-15)18(23)25-3/h4-9,12H,10-11H2,1-3H3,(H2,21,22,24). The van der Waals surface area contributed by atoms with Gasteiger partial charge in [-0.2, -0.15) is 0 Å². The number of ether oxygens (including phenoxy) is 3. The summed E-state index contributed by atoms with van der Waals surface area (Å²) in [5.41, 5.74) is 1.24. The molecule has 0 atom stereocenters. The van der Waals surface area contributed by atoms with Crippen molar-refractivity contribution in [2.45, 2.75) is 19.4 Å². The molecule has 0 radical (unpaired) electrons. The Labute approximate surface area is 157 Å². The van der Waals surface area contributed by atoms with E-state index in [4.69, 9.17) is 9.47 Å². The van der Waals surface area contributed by atoms with Crippen LogP contribution in [0, 0.1) is 0 Å². The molecule has 7 nitrogen and oxygen atoms in total. The van der Waals surface area contributed by atoms with E-state index in [0.717, 1.165) is 5.56 Å². The van der Waals surface area contributed by atoms with Gasteiger partial charge < -0.3 is 24.8 Å². The van der Waals surface area contributed by atoms with Crippen LogP contribution in [0.4, 0.5) is 10.5 Å². The van der Waals surface area contributed by atoms with Crippen LogP contribution in [0.25, 0.3) is 0 Å². The SMILES string of the molecule is COC(=O)c1ccc(NC(=O)NC(C)(C)c2ccc3c(c2)OCCO3)cc1. The van der Waals surface area contributed by atoms with Crippen molar-refractivity contribution in [1.82, 2.24) is 5.32 Å². The molecule has 3 rings (SSSR count). The Kier molecular flexibility index (Phi) is 5.21. The van der Waals surface area contributed by atoms with Crippen LogP contribution in [0.3, 0.4) is 0 Å². The Morgan fingerprint density at radius 3 is 2.33 bits per heavy atom. The summed E-state index contributed by atoms with van der Waals surface area (Å²) in [4.78, 5) is 23.8. The van der Waals surface area contributed by atoms with Crippen molar-refractivity contribution in [2.75, 3.05) is 25.6 Å². The van der Waals surface area contributed by atoms with E-state index < -0.39 is 11.5 Å². The van der Waals surface area contributed by atoms with Gasteiger partial charge in [0.05, 0.1) is 18.2 Å². The zero-order valence-electron chi connectivity index (χ0n) is 15.5. The predicted octanol–water partition coefficient (Wildman–Crippen LogP) is 3.30. The fraction of sp³-hybridized carbons (Fsp3) is 0.300. The van der Waals surface area contributed by atoms with Gasteiger partial charge in [-0.25, -0.2) is 9.59 Å². The summed E-state index contributed by atoms with van der Waals surface area (Å²) >= 11 is 0. The Balaban J connectivity index is 1.66. The van der Waals surface area contributed by atoms with E-state index in [1.165, 1.54) is 7.11 Å². The van der Waals surface area contributed by atoms with E-state index >= 15 is 0 Å². The van der Waals surface area contributed by atoms with Crippen molar-refractivity contribution in [3.8, 4) is 11.5 Å². The second-order valence-corrected chi connectivity index (χ2v) is 6.63. The van der Waals surface area contributed by atoms with Crippen LogP contribution in [-0.4, -0.2) is 32.3 Å². The van der Waals surface area contributed by atoms with Crippen LogP contribution in [-0.2, 0) is 10.3 Å². The Hall–Kier alpha value is -3.22. The van der Waals surface area contributed by atoms with Crippen molar-refractivity contribution in [2.24, 2.45) is 0 Å². The summed E-state index contributed by atoms with van der Waals surface area (Å²) < 4.78 is 15.8. The number of fused-ring (bicyclic) bond motifs is 1. The highest BCUT2D eigenvalue weighted by Gasteiger charge is 2.25. The van der Waals surface area contributed by atoms with Crippen molar-refractivity contribution in [1.29, 1.82) is 0 Å². The van der Waals surface area contributed by atoms with Gasteiger partial charge in [0.2, 0.25) is 0 Å². The van der Waals surface area contributed by atoms with E-state index in [0.29, 0.717) is 36.0 Å². The summed E-state index contributed by atoms with van der Waals surface area (Å²) in [7, 11) is 1.32. The summed E-state index contributed by atoms with van der Waals surface area (Å²) in [6.45, 7) is 4.84. The number of urea groups is 1. The van der Waals surface area contributed by atoms with Crippen LogP contribution < -0.4 is 20.1 Å². The molecule has 0 saturated carbocycles. The lowest BCUT2D eigenvalue weighted by Gasteiger charge is -2.28. The molecular formula is C20H22N2O5. The monoisotopic (exact) mass is 370 g/mol. The van der Waals surface area contributed by atoms with Crippen LogP contribution in [0.1, 0.15) is 29.8 Å². The molecule has 0 spiro atoms. The first kappa shape index (κ1) is 18.6. The van der Waals surface area contributed by atoms with Crippen molar-refractivity contribution in [3.05, 3.63) is 53.6 Å². The van der Waals surface area contributed by atoms with Gasteiger partial charge in [-0.15, -0.1) is 0 Å². The summed E-state index contributed by atoms with van der Waals surface area (Å²) in [6, 6.07) is 11.7. The Bertz CT molecular complexity index is 846. The van der Waals surface area contributed by atoms with E-state index in [1.807, 2.05) is 32.0 Å². The zero-order chi connectivity index (χ0) is 19.4. The first-order chi connectivity index (χ1) is 12.9. The molecule has 0 fully saturated rings. The van der Waals surface area contributed by atoms with Crippen LogP contribution in [0.5, 0.6) is 11.5 Å². The molecule has 142 valence electrons. The molecule has 1 aliphatic heterocycles. The molecule has 7 heteroatoms. The van der Waals surface area contributed by atoms with Crippen molar-refractivity contribution < 1.29 is 23.8 Å². The molecule has 1 heterocycles. The highest BCUT2D eigenvalue weighted by atomic mass is 16.6. The third-order valence-corrected chi connectivity index (χ3v) is 4.25. The van der Waals surface area contributed by atoms with Crippen LogP contribution >= 0.6 is 0 Å². The van der Waals surface area contributed by atoms with E-state index in [9.17, 15) is 9.59 Å². The number of rotatable bonds is 4. The molecule has 2 N–H and O–H groups in total. The number of amides is 2. The maximum absolute atomic E-state index is 12.4. The fourth-order valence-corrected chi connectivity index (χ4v) is 2.76. The maximum atomic E-state index is 12.4. The Morgan fingerprint density at radius 2 is 1.67 bits per heavy atom. The van der Waals surface area contributed by atoms with Gasteiger partial charge in [0.25, 0.3) is 0 Å². The third-order valence-electron chi connectivity index (χ3n) is 4.25. The maximum Gasteiger partial charge on any atom is 0.337 e. The minimum Gasteiger partial charge on any atom is -0.486 e. The van der Waals surface area contributed by atoms with E-state index in [-0.39, 0.29) is 6.03 Å². The minimum atomic E-state index is -0.633. The lowest BCUT2D eigenvalue weighted by molar-refractivity contribution is 0.0600. The highest BCUT2D eigenvalue weighted by molar-refractivity contribution is 5.92. The molecule has 2 amide bonds. The van der Waals surface area contributed by atoms with Crippen molar-refractivity contribution in [3.63, 3.8) is 0 Å². The number of benzene rings is 2. The number of esters is 1. The average molecular weight is 370 g/mol. The van der Waals surface area contributed by atoms with Gasteiger partial charge >= 0.3 is 12.0 Å². The molecule has 0 unspecified atom stereocenters.